The number of aromatic amines is 1. The maximum atomic E-state index is 14.1. The van der Waals surface area contributed by atoms with E-state index in [9.17, 15) is 9.18 Å². The molecule has 0 spiro atoms. The van der Waals surface area contributed by atoms with Crippen molar-refractivity contribution in [2.24, 2.45) is 0 Å². The zero-order chi connectivity index (χ0) is 22.5. The third-order valence-corrected chi connectivity index (χ3v) is 5.78. The summed E-state index contributed by atoms with van der Waals surface area (Å²) in [6, 6.07) is 9.34. The minimum absolute atomic E-state index is 0.121. The predicted octanol–water partition coefficient (Wildman–Crippen LogP) is 3.08. The number of rotatable bonds is 3. The zero-order valence-corrected chi connectivity index (χ0v) is 17.6. The van der Waals surface area contributed by atoms with Crippen LogP contribution in [0.15, 0.2) is 53.3 Å². The van der Waals surface area contributed by atoms with Crippen molar-refractivity contribution in [1.82, 2.24) is 39.7 Å². The molecule has 5 aromatic heterocycles. The Morgan fingerprint density at radius 1 is 1.21 bits per heavy atom. The third kappa shape index (κ3) is 3.16. The fourth-order valence-corrected chi connectivity index (χ4v) is 4.21. The molecule has 0 aromatic carbocycles. The highest BCUT2D eigenvalue weighted by Gasteiger charge is 2.38. The monoisotopic (exact) mass is 464 g/mol. The predicted molar refractivity (Wildman–Crippen MR) is 113 cm³/mol. The maximum Gasteiger partial charge on any atom is 0.312 e. The van der Waals surface area contributed by atoms with Gasteiger partial charge in [-0.1, -0.05) is 17.7 Å². The molecule has 0 saturated carbocycles. The van der Waals surface area contributed by atoms with Crippen molar-refractivity contribution in [3.63, 3.8) is 0 Å². The second-order valence-corrected chi connectivity index (χ2v) is 7.81. The largest absolute Gasteiger partial charge is 0.411 e. The Morgan fingerprint density at radius 2 is 2.12 bits per heavy atom. The Hall–Kier alpha value is -4.12. The smallest absolute Gasteiger partial charge is 0.312 e. The molecule has 1 aliphatic heterocycles. The minimum atomic E-state index is -0.626. The fourth-order valence-electron chi connectivity index (χ4n) is 4.00. The summed E-state index contributed by atoms with van der Waals surface area (Å²) in [7, 11) is 0. The Labute approximate surface area is 190 Å². The number of carbonyl (C=O) groups is 1. The average molecular weight is 465 g/mol. The Bertz CT molecular complexity index is 1510. The normalized spacial score (nSPS) is 15.7. The first-order chi connectivity index (χ1) is 16.1. The zero-order valence-electron chi connectivity index (χ0n) is 16.8. The first kappa shape index (κ1) is 19.6. The number of nitrogens with one attached hydrogen (secondary N) is 1. The average Bonchev–Trinajstić information content (AvgIpc) is 3.57. The molecule has 6 rings (SSSR count). The SMILES string of the molecule is O=C(c1nnc(-c2ncccc2F)o1)N1CCc2[nH]cnc2[C@@H]1c1cc2cccc(Cl)n2n1. The van der Waals surface area contributed by atoms with Crippen LogP contribution in [0.1, 0.15) is 33.8 Å². The molecule has 1 aliphatic rings. The molecular weight excluding hydrogens is 451 g/mol. The lowest BCUT2D eigenvalue weighted by Gasteiger charge is -2.32. The molecule has 0 radical (unpaired) electrons. The van der Waals surface area contributed by atoms with E-state index in [2.05, 4.69) is 30.2 Å². The molecule has 0 saturated heterocycles. The van der Waals surface area contributed by atoms with Gasteiger partial charge in [0.1, 0.15) is 11.2 Å². The van der Waals surface area contributed by atoms with Crippen molar-refractivity contribution in [2.45, 2.75) is 12.5 Å². The number of hydrogen-bond donors (Lipinski definition) is 1. The van der Waals surface area contributed by atoms with E-state index in [1.165, 1.54) is 18.3 Å². The van der Waals surface area contributed by atoms with Gasteiger partial charge in [0.15, 0.2) is 11.5 Å². The Morgan fingerprint density at radius 3 is 2.97 bits per heavy atom. The summed E-state index contributed by atoms with van der Waals surface area (Å²) in [5.74, 6) is -1.60. The number of fused-ring (bicyclic) bond motifs is 2. The number of halogens is 2. The molecule has 1 N–H and O–H groups in total. The summed E-state index contributed by atoms with van der Waals surface area (Å²) in [4.78, 5) is 26.5. The molecular formula is C21H14ClFN8O2. The van der Waals surface area contributed by atoms with Crippen LogP contribution in [-0.4, -0.2) is 52.1 Å². The molecule has 12 heteroatoms. The van der Waals surface area contributed by atoms with E-state index in [0.717, 1.165) is 11.2 Å². The lowest BCUT2D eigenvalue weighted by molar-refractivity contribution is 0.0646. The van der Waals surface area contributed by atoms with E-state index < -0.39 is 17.8 Å². The molecule has 0 aliphatic carbocycles. The third-order valence-electron chi connectivity index (χ3n) is 5.49. The van der Waals surface area contributed by atoms with E-state index in [0.29, 0.717) is 29.5 Å². The van der Waals surface area contributed by atoms with Gasteiger partial charge in [-0.2, -0.15) is 5.10 Å². The topological polar surface area (TPSA) is 118 Å². The van der Waals surface area contributed by atoms with Crippen molar-refractivity contribution in [2.75, 3.05) is 6.54 Å². The van der Waals surface area contributed by atoms with Crippen LogP contribution >= 0.6 is 11.6 Å². The van der Waals surface area contributed by atoms with Gasteiger partial charge in [0.05, 0.1) is 23.2 Å². The Kier molecular flexibility index (Phi) is 4.44. The van der Waals surface area contributed by atoms with E-state index >= 15 is 0 Å². The van der Waals surface area contributed by atoms with Gasteiger partial charge in [-0.05, 0) is 30.3 Å². The molecule has 6 heterocycles. The minimum Gasteiger partial charge on any atom is -0.411 e. The summed E-state index contributed by atoms with van der Waals surface area (Å²) in [6.45, 7) is 0.357. The van der Waals surface area contributed by atoms with Crippen molar-refractivity contribution >= 4 is 23.0 Å². The van der Waals surface area contributed by atoms with E-state index in [4.69, 9.17) is 16.0 Å². The van der Waals surface area contributed by atoms with Gasteiger partial charge in [-0.15, -0.1) is 10.2 Å². The molecule has 33 heavy (non-hydrogen) atoms. The highest BCUT2D eigenvalue weighted by Crippen LogP contribution is 2.34. The van der Waals surface area contributed by atoms with Gasteiger partial charge in [0.2, 0.25) is 0 Å². The molecule has 0 fully saturated rings. The van der Waals surface area contributed by atoms with E-state index in [1.54, 1.807) is 21.8 Å². The van der Waals surface area contributed by atoms with Gasteiger partial charge in [-0.3, -0.25) is 4.79 Å². The van der Waals surface area contributed by atoms with Crippen molar-refractivity contribution in [1.29, 1.82) is 0 Å². The molecule has 5 aromatic rings. The summed E-state index contributed by atoms with van der Waals surface area (Å²) in [6.07, 6.45) is 3.54. The maximum absolute atomic E-state index is 14.1. The lowest BCUT2D eigenvalue weighted by Crippen LogP contribution is -2.41. The lowest BCUT2D eigenvalue weighted by atomic mass is 9.99. The summed E-state index contributed by atoms with van der Waals surface area (Å²) in [5.41, 5.74) is 2.82. The van der Waals surface area contributed by atoms with Gasteiger partial charge in [0, 0.05) is 24.9 Å². The highest BCUT2D eigenvalue weighted by atomic mass is 35.5. The van der Waals surface area contributed by atoms with Crippen molar-refractivity contribution < 1.29 is 13.6 Å². The Balaban J connectivity index is 1.41. The van der Waals surface area contributed by atoms with E-state index in [1.807, 2.05) is 18.2 Å². The van der Waals surface area contributed by atoms with Crippen LogP contribution in [0.25, 0.3) is 17.1 Å². The number of nitrogens with zero attached hydrogens (tertiary/aromatic N) is 7. The first-order valence-electron chi connectivity index (χ1n) is 10.0. The summed E-state index contributed by atoms with van der Waals surface area (Å²) >= 11 is 6.29. The molecule has 164 valence electrons. The van der Waals surface area contributed by atoms with Gasteiger partial charge in [0.25, 0.3) is 5.89 Å². The van der Waals surface area contributed by atoms with Gasteiger partial charge >= 0.3 is 11.8 Å². The van der Waals surface area contributed by atoms with E-state index in [-0.39, 0.29) is 17.5 Å². The molecule has 0 bridgehead atoms. The fraction of sp³-hybridized carbons (Fsp3) is 0.143. The molecule has 1 amide bonds. The second-order valence-electron chi connectivity index (χ2n) is 7.42. The molecule has 0 unspecified atom stereocenters. The van der Waals surface area contributed by atoms with Crippen LogP contribution in [0.2, 0.25) is 5.15 Å². The molecule has 10 nitrogen and oxygen atoms in total. The number of carbonyl (C=O) groups excluding carboxylic acids is 1. The van der Waals surface area contributed by atoms with Gasteiger partial charge in [-0.25, -0.2) is 18.9 Å². The van der Waals surface area contributed by atoms with Crippen LogP contribution in [0.4, 0.5) is 4.39 Å². The standard InChI is InChI=1S/C21H14ClFN8O2/c22-15-5-1-3-11-9-14(29-31(11)15)18-17-13(25-10-26-17)6-8-30(18)21(32)20-28-27-19(33-20)16-12(23)4-2-7-24-16/h1-5,7,9-10,18H,6,8H2,(H,25,26)/t18-/m0/s1. The van der Waals surface area contributed by atoms with Crippen molar-refractivity contribution in [3.8, 4) is 11.6 Å². The summed E-state index contributed by atoms with van der Waals surface area (Å²) < 4.78 is 21.2. The number of H-pyrrole nitrogens is 1. The number of imidazole rings is 1. The van der Waals surface area contributed by atoms with Crippen LogP contribution in [0, 0.1) is 5.82 Å². The van der Waals surface area contributed by atoms with Crippen LogP contribution in [0.3, 0.4) is 0 Å². The number of hydrogen-bond acceptors (Lipinski definition) is 7. The quantitative estimate of drug-likeness (QED) is 0.407. The van der Waals surface area contributed by atoms with Gasteiger partial charge < -0.3 is 14.3 Å². The number of pyridine rings is 2. The van der Waals surface area contributed by atoms with Crippen LogP contribution in [0.5, 0.6) is 0 Å². The van der Waals surface area contributed by atoms with Crippen LogP contribution < -0.4 is 0 Å². The summed E-state index contributed by atoms with van der Waals surface area (Å²) in [5, 5.41) is 12.7. The number of amides is 1. The van der Waals surface area contributed by atoms with Crippen molar-refractivity contribution in [3.05, 3.63) is 82.9 Å². The highest BCUT2D eigenvalue weighted by molar-refractivity contribution is 6.29. The van der Waals surface area contributed by atoms with Crippen LogP contribution in [-0.2, 0) is 6.42 Å². The molecule has 1 atom stereocenters. The number of aromatic nitrogens is 7. The first-order valence-corrected chi connectivity index (χ1v) is 10.4. The second kappa shape index (κ2) is 7.48.